The highest BCUT2D eigenvalue weighted by Crippen LogP contribution is 2.32. The van der Waals surface area contributed by atoms with E-state index in [0.29, 0.717) is 6.54 Å². The van der Waals surface area contributed by atoms with Gasteiger partial charge in [0.25, 0.3) is 0 Å². The summed E-state index contributed by atoms with van der Waals surface area (Å²) in [4.78, 5) is 4.42. The van der Waals surface area contributed by atoms with Crippen LogP contribution < -0.4 is 5.73 Å². The number of hydrogen-bond donors (Lipinski definition) is 1. The standard InChI is InChI=1S/C11H18N2S/c1-8-5-9(6-12)7-13-10(8)14-11(2,3)4/h5,7H,6,12H2,1-4H3. The lowest BCUT2D eigenvalue weighted by molar-refractivity contribution is 0.797. The number of aryl methyl sites for hydroxylation is 1. The zero-order chi connectivity index (χ0) is 10.8. The van der Waals surface area contributed by atoms with Gasteiger partial charge in [-0.25, -0.2) is 4.98 Å². The van der Waals surface area contributed by atoms with Crippen LogP contribution in [0.1, 0.15) is 31.9 Å². The van der Waals surface area contributed by atoms with E-state index in [1.165, 1.54) is 5.56 Å². The topological polar surface area (TPSA) is 38.9 Å². The molecule has 0 fully saturated rings. The summed E-state index contributed by atoms with van der Waals surface area (Å²) < 4.78 is 0.210. The first-order valence-corrected chi connectivity index (χ1v) is 5.58. The Bertz CT molecular complexity index is 316. The zero-order valence-corrected chi connectivity index (χ0v) is 10.1. The van der Waals surface area contributed by atoms with Crippen molar-refractivity contribution in [1.29, 1.82) is 0 Å². The van der Waals surface area contributed by atoms with Crippen LogP contribution in [0.15, 0.2) is 17.3 Å². The van der Waals surface area contributed by atoms with Gasteiger partial charge in [-0.2, -0.15) is 0 Å². The Balaban J connectivity index is 2.89. The van der Waals surface area contributed by atoms with Crippen LogP contribution in [0.2, 0.25) is 0 Å². The van der Waals surface area contributed by atoms with Crippen LogP contribution in [0.5, 0.6) is 0 Å². The molecule has 0 saturated heterocycles. The van der Waals surface area contributed by atoms with E-state index in [-0.39, 0.29) is 4.75 Å². The molecule has 0 aromatic carbocycles. The minimum Gasteiger partial charge on any atom is -0.326 e. The van der Waals surface area contributed by atoms with Gasteiger partial charge in [0.15, 0.2) is 0 Å². The number of nitrogens with zero attached hydrogens (tertiary/aromatic N) is 1. The van der Waals surface area contributed by atoms with E-state index in [2.05, 4.69) is 38.7 Å². The molecule has 2 nitrogen and oxygen atoms in total. The van der Waals surface area contributed by atoms with E-state index in [1.807, 2.05) is 6.20 Å². The van der Waals surface area contributed by atoms with Crippen LogP contribution in [0.4, 0.5) is 0 Å². The summed E-state index contributed by atoms with van der Waals surface area (Å²) in [6.45, 7) is 9.22. The first-order valence-electron chi connectivity index (χ1n) is 4.77. The lowest BCUT2D eigenvalue weighted by atomic mass is 10.2. The van der Waals surface area contributed by atoms with Crippen LogP contribution in [0.25, 0.3) is 0 Å². The van der Waals surface area contributed by atoms with Crippen molar-refractivity contribution in [2.75, 3.05) is 0 Å². The number of thioether (sulfide) groups is 1. The number of hydrogen-bond acceptors (Lipinski definition) is 3. The highest BCUT2D eigenvalue weighted by molar-refractivity contribution is 8.00. The number of aromatic nitrogens is 1. The number of pyridine rings is 1. The summed E-state index contributed by atoms with van der Waals surface area (Å²) in [7, 11) is 0. The molecule has 0 radical (unpaired) electrons. The van der Waals surface area contributed by atoms with Gasteiger partial charge in [-0.15, -0.1) is 11.8 Å². The Kier molecular flexibility index (Phi) is 3.56. The van der Waals surface area contributed by atoms with E-state index in [1.54, 1.807) is 11.8 Å². The summed E-state index contributed by atoms with van der Waals surface area (Å²) in [5.41, 5.74) is 7.86. The maximum atomic E-state index is 5.55. The lowest BCUT2D eigenvalue weighted by Gasteiger charge is -2.18. The van der Waals surface area contributed by atoms with Crippen molar-refractivity contribution in [3.63, 3.8) is 0 Å². The molecule has 2 N–H and O–H groups in total. The fourth-order valence-electron chi connectivity index (χ4n) is 1.13. The van der Waals surface area contributed by atoms with Crippen LogP contribution in [-0.4, -0.2) is 9.73 Å². The van der Waals surface area contributed by atoms with Crippen molar-refractivity contribution in [3.05, 3.63) is 23.4 Å². The third-order valence-corrected chi connectivity index (χ3v) is 2.96. The van der Waals surface area contributed by atoms with Gasteiger partial charge in [-0.05, 0) is 18.1 Å². The van der Waals surface area contributed by atoms with Crippen molar-refractivity contribution < 1.29 is 0 Å². The fraction of sp³-hybridized carbons (Fsp3) is 0.545. The SMILES string of the molecule is Cc1cc(CN)cnc1SC(C)(C)C. The third kappa shape index (κ3) is 3.31. The Hall–Kier alpha value is -0.540. The monoisotopic (exact) mass is 210 g/mol. The molecule has 14 heavy (non-hydrogen) atoms. The molecule has 0 atom stereocenters. The predicted molar refractivity (Wildman–Crippen MR) is 62.5 cm³/mol. The average molecular weight is 210 g/mol. The minimum absolute atomic E-state index is 0.210. The molecule has 78 valence electrons. The lowest BCUT2D eigenvalue weighted by Crippen LogP contribution is -2.08. The minimum atomic E-state index is 0.210. The van der Waals surface area contributed by atoms with Crippen molar-refractivity contribution in [2.24, 2.45) is 5.73 Å². The van der Waals surface area contributed by atoms with Gasteiger partial charge < -0.3 is 5.73 Å². The van der Waals surface area contributed by atoms with Crippen molar-refractivity contribution in [2.45, 2.75) is 44.0 Å². The van der Waals surface area contributed by atoms with Crippen molar-refractivity contribution in [1.82, 2.24) is 4.98 Å². The Morgan fingerprint density at radius 3 is 2.50 bits per heavy atom. The molecule has 0 amide bonds. The molecule has 1 rings (SSSR count). The summed E-state index contributed by atoms with van der Waals surface area (Å²) in [5, 5.41) is 1.11. The van der Waals surface area contributed by atoms with Crippen molar-refractivity contribution in [3.8, 4) is 0 Å². The quantitative estimate of drug-likeness (QED) is 0.763. The second-order valence-corrected chi connectivity index (χ2v) is 6.20. The molecule has 0 saturated carbocycles. The Morgan fingerprint density at radius 1 is 1.43 bits per heavy atom. The van der Waals surface area contributed by atoms with E-state index in [4.69, 9.17) is 5.73 Å². The van der Waals surface area contributed by atoms with Crippen molar-refractivity contribution >= 4 is 11.8 Å². The molecule has 0 aliphatic heterocycles. The third-order valence-electron chi connectivity index (χ3n) is 1.73. The van der Waals surface area contributed by atoms with Gasteiger partial charge in [0.05, 0.1) is 5.03 Å². The van der Waals surface area contributed by atoms with Crippen LogP contribution in [0.3, 0.4) is 0 Å². The predicted octanol–water partition coefficient (Wildman–Crippen LogP) is 2.74. The van der Waals surface area contributed by atoms with E-state index < -0.39 is 0 Å². The molecule has 0 bridgehead atoms. The molecule has 1 heterocycles. The molecular formula is C11H18N2S. The van der Waals surface area contributed by atoms with Gasteiger partial charge >= 0.3 is 0 Å². The average Bonchev–Trinajstić information content (AvgIpc) is 2.06. The first kappa shape index (κ1) is 11.5. The molecule has 0 aliphatic carbocycles. The second-order valence-electron chi connectivity index (χ2n) is 4.38. The van der Waals surface area contributed by atoms with Gasteiger partial charge in [-0.3, -0.25) is 0 Å². The molecular weight excluding hydrogens is 192 g/mol. The van der Waals surface area contributed by atoms with Gasteiger partial charge in [0.1, 0.15) is 0 Å². The molecule has 0 unspecified atom stereocenters. The smallest absolute Gasteiger partial charge is 0.0994 e. The zero-order valence-electron chi connectivity index (χ0n) is 9.29. The summed E-state index contributed by atoms with van der Waals surface area (Å²) in [6.07, 6.45) is 1.86. The maximum absolute atomic E-state index is 5.55. The maximum Gasteiger partial charge on any atom is 0.0994 e. The molecule has 0 aliphatic rings. The van der Waals surface area contributed by atoms with Crippen LogP contribution in [0, 0.1) is 6.92 Å². The molecule has 0 spiro atoms. The van der Waals surface area contributed by atoms with Gasteiger partial charge in [0.2, 0.25) is 0 Å². The van der Waals surface area contributed by atoms with Crippen LogP contribution in [-0.2, 0) is 6.54 Å². The Morgan fingerprint density at radius 2 is 2.07 bits per heavy atom. The summed E-state index contributed by atoms with van der Waals surface area (Å²) in [6, 6.07) is 2.11. The van der Waals surface area contributed by atoms with Gasteiger partial charge in [0, 0.05) is 17.5 Å². The first-order chi connectivity index (χ1) is 6.42. The number of rotatable bonds is 2. The van der Waals surface area contributed by atoms with E-state index >= 15 is 0 Å². The highest BCUT2D eigenvalue weighted by atomic mass is 32.2. The van der Waals surface area contributed by atoms with E-state index in [0.717, 1.165) is 10.6 Å². The van der Waals surface area contributed by atoms with Gasteiger partial charge in [-0.1, -0.05) is 26.8 Å². The second kappa shape index (κ2) is 4.32. The Labute approximate surface area is 90.3 Å². The molecule has 1 aromatic heterocycles. The summed E-state index contributed by atoms with van der Waals surface area (Å²) >= 11 is 1.79. The highest BCUT2D eigenvalue weighted by Gasteiger charge is 2.14. The fourth-order valence-corrected chi connectivity index (χ4v) is 2.03. The van der Waals surface area contributed by atoms with E-state index in [9.17, 15) is 0 Å². The van der Waals surface area contributed by atoms with Crippen LogP contribution >= 0.6 is 11.8 Å². The summed E-state index contributed by atoms with van der Waals surface area (Å²) in [5.74, 6) is 0. The largest absolute Gasteiger partial charge is 0.326 e. The normalized spacial score (nSPS) is 11.8. The number of nitrogens with two attached hydrogens (primary N) is 1. The molecule has 1 aromatic rings. The molecule has 3 heteroatoms.